The molecule has 1 aromatic rings. The van der Waals surface area contributed by atoms with Gasteiger partial charge in [0.25, 0.3) is 0 Å². The lowest BCUT2D eigenvalue weighted by Crippen LogP contribution is -2.49. The van der Waals surface area contributed by atoms with Crippen molar-refractivity contribution in [3.63, 3.8) is 0 Å². The van der Waals surface area contributed by atoms with Gasteiger partial charge in [0.2, 0.25) is 0 Å². The number of ether oxygens (including phenoxy) is 1. The van der Waals surface area contributed by atoms with Crippen LogP contribution in [-0.2, 0) is 11.2 Å². The van der Waals surface area contributed by atoms with Crippen molar-refractivity contribution in [2.45, 2.75) is 18.6 Å². The third-order valence-corrected chi connectivity index (χ3v) is 3.91. The Morgan fingerprint density at radius 3 is 3.18 bits per heavy atom. The van der Waals surface area contributed by atoms with Crippen molar-refractivity contribution >= 4 is 17.4 Å². The molecule has 2 atom stereocenters. The Kier molecular flexibility index (Phi) is 4.61. The van der Waals surface area contributed by atoms with Gasteiger partial charge >= 0.3 is 0 Å². The van der Waals surface area contributed by atoms with Crippen molar-refractivity contribution in [1.82, 2.24) is 10.4 Å². The SMILES string of the molecule is NNC(Cc1cnccc1N)C1CSCCO1. The van der Waals surface area contributed by atoms with Gasteiger partial charge in [-0.1, -0.05) is 0 Å². The molecule has 0 spiro atoms. The molecule has 1 saturated heterocycles. The molecule has 0 bridgehead atoms. The van der Waals surface area contributed by atoms with Gasteiger partial charge in [-0.2, -0.15) is 11.8 Å². The highest BCUT2D eigenvalue weighted by Gasteiger charge is 2.24. The second kappa shape index (κ2) is 6.20. The van der Waals surface area contributed by atoms with Gasteiger partial charge in [0, 0.05) is 29.6 Å². The first kappa shape index (κ1) is 12.6. The fourth-order valence-corrected chi connectivity index (χ4v) is 2.82. The van der Waals surface area contributed by atoms with E-state index in [0.29, 0.717) is 0 Å². The number of aromatic nitrogens is 1. The summed E-state index contributed by atoms with van der Waals surface area (Å²) in [6.07, 6.45) is 4.35. The van der Waals surface area contributed by atoms with Crippen molar-refractivity contribution in [2.24, 2.45) is 5.84 Å². The second-order valence-corrected chi connectivity index (χ2v) is 5.19. The summed E-state index contributed by atoms with van der Waals surface area (Å²) in [7, 11) is 0. The van der Waals surface area contributed by atoms with Crippen LogP contribution in [0.3, 0.4) is 0 Å². The van der Waals surface area contributed by atoms with E-state index in [9.17, 15) is 0 Å². The van der Waals surface area contributed by atoms with Gasteiger partial charge in [0.1, 0.15) is 0 Å². The topological polar surface area (TPSA) is 86.2 Å². The molecule has 5 N–H and O–H groups in total. The molecule has 1 fully saturated rings. The number of nitrogen functional groups attached to an aromatic ring is 1. The van der Waals surface area contributed by atoms with Gasteiger partial charge in [-0.25, -0.2) is 0 Å². The van der Waals surface area contributed by atoms with Gasteiger partial charge in [-0.3, -0.25) is 16.3 Å². The van der Waals surface area contributed by atoms with E-state index >= 15 is 0 Å². The van der Waals surface area contributed by atoms with Crippen LogP contribution >= 0.6 is 11.8 Å². The zero-order chi connectivity index (χ0) is 12.1. The largest absolute Gasteiger partial charge is 0.398 e. The summed E-state index contributed by atoms with van der Waals surface area (Å²) in [6, 6.07) is 1.88. The van der Waals surface area contributed by atoms with Gasteiger partial charge in [-0.05, 0) is 18.1 Å². The van der Waals surface area contributed by atoms with Crippen LogP contribution in [0.1, 0.15) is 5.56 Å². The third-order valence-electron chi connectivity index (χ3n) is 2.89. The standard InChI is InChI=1S/C11H18N4OS/c12-9-1-2-14-6-8(9)5-10(15-13)11-7-17-4-3-16-11/h1-2,6,10-11,15H,3-5,7,13H2,(H2,12,14). The fourth-order valence-electron chi connectivity index (χ4n) is 1.88. The number of nitrogens with zero attached hydrogens (tertiary/aromatic N) is 1. The van der Waals surface area contributed by atoms with Crippen LogP contribution in [0.15, 0.2) is 18.5 Å². The Bertz CT molecular complexity index is 357. The Morgan fingerprint density at radius 2 is 2.53 bits per heavy atom. The zero-order valence-corrected chi connectivity index (χ0v) is 10.5. The highest BCUT2D eigenvalue weighted by Crippen LogP contribution is 2.19. The van der Waals surface area contributed by atoms with E-state index in [4.69, 9.17) is 16.3 Å². The molecule has 0 radical (unpaired) electrons. The Balaban J connectivity index is 2.01. The summed E-state index contributed by atoms with van der Waals surface area (Å²) >= 11 is 1.89. The van der Waals surface area contributed by atoms with Gasteiger partial charge in [0.05, 0.1) is 18.8 Å². The molecule has 5 nitrogen and oxygen atoms in total. The van der Waals surface area contributed by atoms with E-state index in [2.05, 4.69) is 10.4 Å². The minimum atomic E-state index is 0.0781. The average Bonchev–Trinajstić information content (AvgIpc) is 2.39. The van der Waals surface area contributed by atoms with Crippen LogP contribution in [0.4, 0.5) is 5.69 Å². The Hall–Kier alpha value is -0.820. The summed E-state index contributed by atoms with van der Waals surface area (Å²) < 4.78 is 5.72. The van der Waals surface area contributed by atoms with E-state index < -0.39 is 0 Å². The lowest BCUT2D eigenvalue weighted by molar-refractivity contribution is 0.0472. The van der Waals surface area contributed by atoms with Gasteiger partial charge < -0.3 is 10.5 Å². The van der Waals surface area contributed by atoms with Gasteiger partial charge in [0.15, 0.2) is 0 Å². The summed E-state index contributed by atoms with van der Waals surface area (Å²) in [6.45, 7) is 0.788. The van der Waals surface area contributed by atoms with E-state index in [1.54, 1.807) is 18.5 Å². The molecule has 0 aliphatic carbocycles. The van der Waals surface area contributed by atoms with E-state index in [1.807, 2.05) is 11.8 Å². The molecule has 6 heteroatoms. The number of thioether (sulfide) groups is 1. The first-order valence-electron chi connectivity index (χ1n) is 5.65. The second-order valence-electron chi connectivity index (χ2n) is 4.04. The predicted molar refractivity (Wildman–Crippen MR) is 70.5 cm³/mol. The van der Waals surface area contributed by atoms with Crippen LogP contribution in [0.2, 0.25) is 0 Å². The normalized spacial score (nSPS) is 22.3. The number of hydrazine groups is 1. The lowest BCUT2D eigenvalue weighted by atomic mass is 10.0. The summed E-state index contributed by atoms with van der Waals surface area (Å²) in [5.41, 5.74) is 10.5. The maximum absolute atomic E-state index is 5.90. The van der Waals surface area contributed by atoms with Crippen molar-refractivity contribution < 1.29 is 4.74 Å². The van der Waals surface area contributed by atoms with Crippen molar-refractivity contribution in [3.05, 3.63) is 24.0 Å². The molecular weight excluding hydrogens is 236 g/mol. The van der Waals surface area contributed by atoms with Crippen molar-refractivity contribution in [1.29, 1.82) is 0 Å². The molecule has 1 aromatic heterocycles. The number of hydrogen-bond donors (Lipinski definition) is 3. The summed E-state index contributed by atoms with van der Waals surface area (Å²) in [5, 5.41) is 0. The highest BCUT2D eigenvalue weighted by molar-refractivity contribution is 7.99. The smallest absolute Gasteiger partial charge is 0.0835 e. The maximum Gasteiger partial charge on any atom is 0.0835 e. The summed E-state index contributed by atoms with van der Waals surface area (Å²) in [5.74, 6) is 7.63. The molecule has 0 saturated carbocycles. The number of hydrogen-bond acceptors (Lipinski definition) is 6. The molecule has 0 aromatic carbocycles. The van der Waals surface area contributed by atoms with Crippen LogP contribution in [0.5, 0.6) is 0 Å². The number of anilines is 1. The van der Waals surface area contributed by atoms with Gasteiger partial charge in [-0.15, -0.1) is 0 Å². The molecule has 2 unspecified atom stereocenters. The number of pyridine rings is 1. The molecule has 0 amide bonds. The summed E-state index contributed by atoms with van der Waals surface area (Å²) in [4.78, 5) is 4.08. The average molecular weight is 254 g/mol. The molecule has 17 heavy (non-hydrogen) atoms. The van der Waals surface area contributed by atoms with E-state index in [0.717, 1.165) is 35.8 Å². The van der Waals surface area contributed by atoms with Crippen LogP contribution < -0.4 is 17.0 Å². The molecule has 1 aliphatic rings. The first-order chi connectivity index (χ1) is 8.31. The molecular formula is C11H18N4OS. The number of rotatable bonds is 4. The maximum atomic E-state index is 5.90. The first-order valence-corrected chi connectivity index (χ1v) is 6.80. The molecule has 2 rings (SSSR count). The monoisotopic (exact) mass is 254 g/mol. The number of nitrogens with two attached hydrogens (primary N) is 2. The number of nitrogens with one attached hydrogen (secondary N) is 1. The minimum Gasteiger partial charge on any atom is -0.398 e. The molecule has 1 aliphatic heterocycles. The van der Waals surface area contributed by atoms with Crippen molar-refractivity contribution in [3.8, 4) is 0 Å². The van der Waals surface area contributed by atoms with Crippen LogP contribution in [0, 0.1) is 0 Å². The molecule has 94 valence electrons. The predicted octanol–water partition coefficient (Wildman–Crippen LogP) is 0.170. The highest BCUT2D eigenvalue weighted by atomic mass is 32.2. The quantitative estimate of drug-likeness (QED) is 0.524. The Labute approximate surface area is 105 Å². The molecule has 2 heterocycles. The lowest BCUT2D eigenvalue weighted by Gasteiger charge is -2.29. The third kappa shape index (κ3) is 3.32. The van der Waals surface area contributed by atoms with Crippen LogP contribution in [-0.4, -0.2) is 35.2 Å². The van der Waals surface area contributed by atoms with Crippen molar-refractivity contribution in [2.75, 3.05) is 23.8 Å². The Morgan fingerprint density at radius 1 is 1.65 bits per heavy atom. The van der Waals surface area contributed by atoms with E-state index in [1.165, 1.54) is 0 Å². The van der Waals surface area contributed by atoms with Crippen LogP contribution in [0.25, 0.3) is 0 Å². The van der Waals surface area contributed by atoms with E-state index in [-0.39, 0.29) is 12.1 Å². The zero-order valence-electron chi connectivity index (χ0n) is 9.63. The fraction of sp³-hybridized carbons (Fsp3) is 0.545. The minimum absolute atomic E-state index is 0.0781.